The van der Waals surface area contributed by atoms with Crippen molar-refractivity contribution < 1.29 is 9.90 Å². The van der Waals surface area contributed by atoms with Crippen LogP contribution in [-0.4, -0.2) is 26.4 Å². The number of hydrogen-bond acceptors (Lipinski definition) is 3. The van der Waals surface area contributed by atoms with Crippen molar-refractivity contribution in [1.29, 1.82) is 0 Å². The Morgan fingerprint density at radius 3 is 3.00 bits per heavy atom. The molecule has 0 atom stereocenters. The lowest BCUT2D eigenvalue weighted by Crippen LogP contribution is -2.04. The molecule has 0 amide bonds. The fourth-order valence-corrected chi connectivity index (χ4v) is 3.38. The van der Waals surface area contributed by atoms with Gasteiger partial charge in [0.2, 0.25) is 0 Å². The number of rotatable bonds is 7. The molecule has 3 rings (SSSR count). The zero-order chi connectivity index (χ0) is 14.8. The number of thioether (sulfide) groups is 1. The maximum absolute atomic E-state index is 10.8. The zero-order valence-electron chi connectivity index (χ0n) is 12.2. The second kappa shape index (κ2) is 6.10. The van der Waals surface area contributed by atoms with Crippen LogP contribution in [0.25, 0.3) is 11.0 Å². The number of carboxylic acid groups (broad SMARTS) is 1. The minimum absolute atomic E-state index is 0.0604. The van der Waals surface area contributed by atoms with Crippen molar-refractivity contribution in [2.45, 2.75) is 44.3 Å². The molecule has 1 saturated carbocycles. The van der Waals surface area contributed by atoms with Gasteiger partial charge in [-0.3, -0.25) is 4.79 Å². The molecule has 4 nitrogen and oxygen atoms in total. The highest BCUT2D eigenvalue weighted by atomic mass is 32.2. The summed E-state index contributed by atoms with van der Waals surface area (Å²) in [6.07, 6.45) is 5.17. The van der Waals surface area contributed by atoms with E-state index in [0.29, 0.717) is 0 Å². The Bertz CT molecular complexity index is 662. The molecule has 1 aromatic carbocycles. The molecule has 1 fully saturated rings. The van der Waals surface area contributed by atoms with E-state index in [4.69, 9.17) is 5.11 Å². The van der Waals surface area contributed by atoms with Crippen LogP contribution in [0.2, 0.25) is 0 Å². The number of aryl methyl sites for hydroxylation is 2. The number of carbonyl (C=O) groups is 1. The van der Waals surface area contributed by atoms with E-state index in [-0.39, 0.29) is 5.75 Å². The molecule has 1 heterocycles. The molecule has 2 aromatic rings. The van der Waals surface area contributed by atoms with Crippen LogP contribution in [-0.2, 0) is 11.3 Å². The average molecular weight is 304 g/mol. The summed E-state index contributed by atoms with van der Waals surface area (Å²) in [5, 5.41) is 9.71. The smallest absolute Gasteiger partial charge is 0.313 e. The summed E-state index contributed by atoms with van der Waals surface area (Å²) in [5.41, 5.74) is 3.26. The largest absolute Gasteiger partial charge is 0.481 e. The number of benzene rings is 1. The summed E-state index contributed by atoms with van der Waals surface area (Å²) in [7, 11) is 0. The third-order valence-corrected chi connectivity index (χ3v) is 4.85. The van der Waals surface area contributed by atoms with Crippen LogP contribution in [0, 0.1) is 12.8 Å². The third-order valence-electron chi connectivity index (χ3n) is 3.88. The highest BCUT2D eigenvalue weighted by Crippen LogP contribution is 2.34. The lowest BCUT2D eigenvalue weighted by Gasteiger charge is -2.08. The Balaban J connectivity index is 1.83. The molecule has 0 saturated heterocycles. The quantitative estimate of drug-likeness (QED) is 0.792. The van der Waals surface area contributed by atoms with Gasteiger partial charge in [0.1, 0.15) is 0 Å². The van der Waals surface area contributed by atoms with Gasteiger partial charge in [0.15, 0.2) is 5.16 Å². The number of hydrogen-bond donors (Lipinski definition) is 1. The molecule has 5 heteroatoms. The van der Waals surface area contributed by atoms with E-state index in [0.717, 1.165) is 35.1 Å². The fourth-order valence-electron chi connectivity index (χ4n) is 2.61. The molecule has 1 aliphatic rings. The van der Waals surface area contributed by atoms with Crippen molar-refractivity contribution in [3.05, 3.63) is 23.8 Å². The summed E-state index contributed by atoms with van der Waals surface area (Å²) in [6.45, 7) is 2.98. The summed E-state index contributed by atoms with van der Waals surface area (Å²) >= 11 is 1.31. The Hall–Kier alpha value is -1.49. The van der Waals surface area contributed by atoms with Crippen LogP contribution in [0.4, 0.5) is 0 Å². The predicted octanol–water partition coefficient (Wildman–Crippen LogP) is 3.71. The van der Waals surface area contributed by atoms with E-state index in [2.05, 4.69) is 34.7 Å². The van der Waals surface area contributed by atoms with Gasteiger partial charge < -0.3 is 9.67 Å². The molecule has 0 bridgehead atoms. The minimum atomic E-state index is -0.798. The molecular weight excluding hydrogens is 284 g/mol. The highest BCUT2D eigenvalue weighted by molar-refractivity contribution is 7.99. The number of carboxylic acids is 1. The lowest BCUT2D eigenvalue weighted by molar-refractivity contribution is -0.133. The molecule has 1 aromatic heterocycles. The van der Waals surface area contributed by atoms with Gasteiger partial charge in [-0.05, 0) is 43.4 Å². The van der Waals surface area contributed by atoms with E-state index in [1.807, 2.05) is 0 Å². The second-order valence-corrected chi connectivity index (χ2v) is 6.75. The van der Waals surface area contributed by atoms with E-state index in [9.17, 15) is 4.79 Å². The van der Waals surface area contributed by atoms with Crippen LogP contribution >= 0.6 is 11.8 Å². The molecule has 21 heavy (non-hydrogen) atoms. The first-order chi connectivity index (χ1) is 10.1. The first-order valence-electron chi connectivity index (χ1n) is 7.45. The van der Waals surface area contributed by atoms with Crippen LogP contribution in [0.5, 0.6) is 0 Å². The van der Waals surface area contributed by atoms with Gasteiger partial charge in [0.05, 0.1) is 16.8 Å². The topological polar surface area (TPSA) is 55.1 Å². The summed E-state index contributed by atoms with van der Waals surface area (Å²) < 4.78 is 2.19. The Morgan fingerprint density at radius 1 is 1.48 bits per heavy atom. The van der Waals surface area contributed by atoms with Gasteiger partial charge >= 0.3 is 5.97 Å². The van der Waals surface area contributed by atoms with Gasteiger partial charge in [-0.1, -0.05) is 30.7 Å². The van der Waals surface area contributed by atoms with Crippen LogP contribution in [0.15, 0.2) is 23.4 Å². The van der Waals surface area contributed by atoms with Crippen molar-refractivity contribution in [3.8, 4) is 0 Å². The summed E-state index contributed by atoms with van der Waals surface area (Å²) in [6, 6.07) is 6.25. The maximum atomic E-state index is 10.8. The fraction of sp³-hybridized carbons (Fsp3) is 0.500. The SMILES string of the molecule is Cc1ccc2c(c1)nc(SCC(=O)O)n2CCCC1CC1. The van der Waals surface area contributed by atoms with E-state index in [1.54, 1.807) is 0 Å². The molecule has 112 valence electrons. The first-order valence-corrected chi connectivity index (χ1v) is 8.43. The number of aromatic nitrogens is 2. The van der Waals surface area contributed by atoms with Crippen molar-refractivity contribution in [1.82, 2.24) is 9.55 Å². The van der Waals surface area contributed by atoms with Crippen LogP contribution in [0.3, 0.4) is 0 Å². The van der Waals surface area contributed by atoms with Crippen molar-refractivity contribution >= 4 is 28.8 Å². The van der Waals surface area contributed by atoms with E-state index >= 15 is 0 Å². The minimum Gasteiger partial charge on any atom is -0.481 e. The van der Waals surface area contributed by atoms with E-state index in [1.165, 1.54) is 36.6 Å². The second-order valence-electron chi connectivity index (χ2n) is 5.81. The third kappa shape index (κ3) is 3.59. The predicted molar refractivity (Wildman–Crippen MR) is 84.8 cm³/mol. The molecule has 0 aliphatic heterocycles. The van der Waals surface area contributed by atoms with E-state index < -0.39 is 5.97 Å². The average Bonchev–Trinajstić information content (AvgIpc) is 3.19. The van der Waals surface area contributed by atoms with Crippen molar-refractivity contribution in [3.63, 3.8) is 0 Å². The van der Waals surface area contributed by atoms with Gasteiger partial charge in [-0.15, -0.1) is 0 Å². The highest BCUT2D eigenvalue weighted by Gasteiger charge is 2.21. The van der Waals surface area contributed by atoms with Gasteiger partial charge in [0, 0.05) is 6.54 Å². The van der Waals surface area contributed by atoms with Crippen molar-refractivity contribution in [2.75, 3.05) is 5.75 Å². The van der Waals surface area contributed by atoms with Crippen LogP contribution in [0.1, 0.15) is 31.2 Å². The van der Waals surface area contributed by atoms with Gasteiger partial charge in [-0.25, -0.2) is 4.98 Å². The lowest BCUT2D eigenvalue weighted by atomic mass is 10.2. The molecule has 0 radical (unpaired) electrons. The monoisotopic (exact) mass is 304 g/mol. The Morgan fingerprint density at radius 2 is 2.29 bits per heavy atom. The number of fused-ring (bicyclic) bond motifs is 1. The number of nitrogens with zero attached hydrogens (tertiary/aromatic N) is 2. The normalized spacial score (nSPS) is 14.7. The Kier molecular flexibility index (Phi) is 4.19. The molecule has 1 aliphatic carbocycles. The molecular formula is C16H20N2O2S. The van der Waals surface area contributed by atoms with Crippen LogP contribution < -0.4 is 0 Å². The maximum Gasteiger partial charge on any atom is 0.313 e. The summed E-state index contributed by atoms with van der Waals surface area (Å²) in [4.78, 5) is 15.4. The molecule has 0 spiro atoms. The van der Waals surface area contributed by atoms with Gasteiger partial charge in [0.25, 0.3) is 0 Å². The number of imidazole rings is 1. The first kappa shape index (κ1) is 14.4. The molecule has 0 unspecified atom stereocenters. The number of aliphatic carboxylic acids is 1. The van der Waals surface area contributed by atoms with Crippen molar-refractivity contribution in [2.24, 2.45) is 5.92 Å². The zero-order valence-corrected chi connectivity index (χ0v) is 13.0. The van der Waals surface area contributed by atoms with Gasteiger partial charge in [-0.2, -0.15) is 0 Å². The Labute approximate surface area is 128 Å². The molecule has 1 N–H and O–H groups in total. The standard InChI is InChI=1S/C16H20N2O2S/c1-11-4-7-14-13(9-11)17-16(21-10-15(19)20)18(14)8-2-3-12-5-6-12/h4,7,9,12H,2-3,5-6,8,10H2,1H3,(H,19,20). The summed E-state index contributed by atoms with van der Waals surface area (Å²) in [5.74, 6) is 0.190.